The number of anilines is 1. The first-order valence-electron chi connectivity index (χ1n) is 6.39. The lowest BCUT2D eigenvalue weighted by molar-refractivity contribution is -0.00465. The van der Waals surface area contributed by atoms with Crippen molar-refractivity contribution >= 4 is 23.1 Å². The van der Waals surface area contributed by atoms with Gasteiger partial charge in [-0.25, -0.2) is 0 Å². The number of amidine groups is 1. The molecule has 1 aromatic carbocycles. The number of methoxy groups -OCH3 is 1. The van der Waals surface area contributed by atoms with Gasteiger partial charge in [0.25, 0.3) is 0 Å². The summed E-state index contributed by atoms with van der Waals surface area (Å²) in [6.07, 6.45) is 2.16. The number of halogens is 1. The van der Waals surface area contributed by atoms with Gasteiger partial charge in [-0.05, 0) is 38.0 Å². The Morgan fingerprint density at radius 1 is 1.53 bits per heavy atom. The molecule has 1 aliphatic heterocycles. The van der Waals surface area contributed by atoms with Crippen LogP contribution < -0.4 is 10.6 Å². The maximum absolute atomic E-state index is 7.44. The molecule has 0 saturated carbocycles. The molecule has 0 aromatic heterocycles. The van der Waals surface area contributed by atoms with E-state index < -0.39 is 0 Å². The van der Waals surface area contributed by atoms with Gasteiger partial charge in [0.15, 0.2) is 0 Å². The Bertz CT molecular complexity index is 492. The summed E-state index contributed by atoms with van der Waals surface area (Å²) in [6, 6.07) is 5.64. The Morgan fingerprint density at radius 2 is 2.26 bits per heavy atom. The van der Waals surface area contributed by atoms with E-state index in [1.165, 1.54) is 0 Å². The molecule has 3 N–H and O–H groups in total. The SMILES string of the molecule is COC1(C)CCCN(c2ccc(C(=N)N)c(Cl)c2)C1. The van der Waals surface area contributed by atoms with Gasteiger partial charge >= 0.3 is 0 Å². The van der Waals surface area contributed by atoms with Gasteiger partial charge in [0.2, 0.25) is 0 Å². The minimum atomic E-state index is -0.107. The zero-order chi connectivity index (χ0) is 14.0. The molecule has 0 radical (unpaired) electrons. The van der Waals surface area contributed by atoms with E-state index in [-0.39, 0.29) is 11.4 Å². The van der Waals surface area contributed by atoms with E-state index in [0.29, 0.717) is 10.6 Å². The van der Waals surface area contributed by atoms with E-state index in [0.717, 1.165) is 31.6 Å². The van der Waals surface area contributed by atoms with Gasteiger partial charge in [-0.15, -0.1) is 0 Å². The van der Waals surface area contributed by atoms with Crippen LogP contribution in [0.25, 0.3) is 0 Å². The fraction of sp³-hybridized carbons (Fsp3) is 0.500. The smallest absolute Gasteiger partial charge is 0.124 e. The number of nitrogen functional groups attached to an aromatic ring is 1. The zero-order valence-corrected chi connectivity index (χ0v) is 12.1. The number of nitrogens with one attached hydrogen (secondary N) is 1. The lowest BCUT2D eigenvalue weighted by Gasteiger charge is -2.40. The molecule has 1 aliphatic rings. The molecule has 4 nitrogen and oxygen atoms in total. The second-order valence-corrected chi connectivity index (χ2v) is 5.66. The van der Waals surface area contributed by atoms with Gasteiger partial charge in [-0.2, -0.15) is 0 Å². The Morgan fingerprint density at radius 3 is 2.84 bits per heavy atom. The van der Waals surface area contributed by atoms with Crippen LogP contribution in [0.5, 0.6) is 0 Å². The second-order valence-electron chi connectivity index (χ2n) is 5.26. The van der Waals surface area contributed by atoms with Gasteiger partial charge in [-0.3, -0.25) is 5.41 Å². The van der Waals surface area contributed by atoms with Crippen molar-refractivity contribution in [2.75, 3.05) is 25.1 Å². The number of nitrogens with zero attached hydrogens (tertiary/aromatic N) is 1. The fourth-order valence-corrected chi connectivity index (χ4v) is 2.79. The van der Waals surface area contributed by atoms with Crippen LogP contribution >= 0.6 is 11.6 Å². The summed E-state index contributed by atoms with van der Waals surface area (Å²) in [5.74, 6) is -0.00285. The molecule has 1 fully saturated rings. The fourth-order valence-electron chi connectivity index (χ4n) is 2.51. The predicted octanol–water partition coefficient (Wildman–Crippen LogP) is 2.63. The van der Waals surface area contributed by atoms with E-state index in [4.69, 9.17) is 27.5 Å². The molecule has 1 saturated heterocycles. The van der Waals surface area contributed by atoms with Crippen LogP contribution in [0.15, 0.2) is 18.2 Å². The Kier molecular flexibility index (Phi) is 4.02. The van der Waals surface area contributed by atoms with Crippen molar-refractivity contribution in [1.29, 1.82) is 5.41 Å². The largest absolute Gasteiger partial charge is 0.384 e. The summed E-state index contributed by atoms with van der Waals surface area (Å²) in [5.41, 5.74) is 7.00. The average molecular weight is 282 g/mol. The lowest BCUT2D eigenvalue weighted by atomic mass is 9.94. The minimum absolute atomic E-state index is 0.00285. The number of benzene rings is 1. The van der Waals surface area contributed by atoms with Gasteiger partial charge in [0, 0.05) is 31.5 Å². The molecule has 2 rings (SSSR count). The van der Waals surface area contributed by atoms with Crippen molar-refractivity contribution in [3.05, 3.63) is 28.8 Å². The third kappa shape index (κ3) is 3.01. The Hall–Kier alpha value is -1.26. The first kappa shape index (κ1) is 14.2. The maximum atomic E-state index is 7.44. The van der Waals surface area contributed by atoms with E-state index in [9.17, 15) is 0 Å². The highest BCUT2D eigenvalue weighted by Gasteiger charge is 2.31. The van der Waals surface area contributed by atoms with Crippen molar-refractivity contribution < 1.29 is 4.74 Å². The molecule has 19 heavy (non-hydrogen) atoms. The number of rotatable bonds is 3. The second kappa shape index (κ2) is 5.39. The van der Waals surface area contributed by atoms with Gasteiger partial charge in [0.1, 0.15) is 5.84 Å². The molecule has 1 aromatic rings. The van der Waals surface area contributed by atoms with Crippen molar-refractivity contribution in [3.63, 3.8) is 0 Å². The third-order valence-corrected chi connectivity index (χ3v) is 4.07. The molecule has 0 spiro atoms. The molecule has 1 atom stereocenters. The summed E-state index contributed by atoms with van der Waals surface area (Å²) in [6.45, 7) is 3.97. The van der Waals surface area contributed by atoms with Crippen LogP contribution in [-0.4, -0.2) is 31.6 Å². The number of hydrogen-bond donors (Lipinski definition) is 2. The van der Waals surface area contributed by atoms with Gasteiger partial charge in [0.05, 0.1) is 10.6 Å². The van der Waals surface area contributed by atoms with E-state index in [1.54, 1.807) is 13.2 Å². The summed E-state index contributed by atoms with van der Waals surface area (Å²) in [4.78, 5) is 2.27. The standard InChI is InChI=1S/C14H20ClN3O/c1-14(19-2)6-3-7-18(9-14)10-4-5-11(13(16)17)12(15)8-10/h4-5,8H,3,6-7,9H2,1-2H3,(H3,16,17). The monoisotopic (exact) mass is 281 g/mol. The highest BCUT2D eigenvalue weighted by Crippen LogP contribution is 2.30. The number of ether oxygens (including phenoxy) is 1. The molecule has 1 unspecified atom stereocenters. The van der Waals surface area contributed by atoms with Crippen LogP contribution in [0.1, 0.15) is 25.3 Å². The summed E-state index contributed by atoms with van der Waals surface area (Å²) < 4.78 is 5.59. The lowest BCUT2D eigenvalue weighted by Crippen LogP contribution is -2.47. The summed E-state index contributed by atoms with van der Waals surface area (Å²) >= 11 is 6.17. The van der Waals surface area contributed by atoms with Crippen LogP contribution in [0, 0.1) is 5.41 Å². The Labute approximate surface area is 119 Å². The summed E-state index contributed by atoms with van der Waals surface area (Å²) in [7, 11) is 1.76. The minimum Gasteiger partial charge on any atom is -0.384 e. The number of hydrogen-bond acceptors (Lipinski definition) is 3. The maximum Gasteiger partial charge on any atom is 0.124 e. The van der Waals surface area contributed by atoms with Crippen LogP contribution in [-0.2, 0) is 4.74 Å². The Balaban J connectivity index is 2.23. The normalized spacial score (nSPS) is 23.4. The van der Waals surface area contributed by atoms with E-state index in [2.05, 4.69) is 11.8 Å². The molecule has 1 heterocycles. The van der Waals surface area contributed by atoms with Crippen molar-refractivity contribution in [2.24, 2.45) is 5.73 Å². The molecule has 104 valence electrons. The molecule has 0 bridgehead atoms. The zero-order valence-electron chi connectivity index (χ0n) is 11.4. The van der Waals surface area contributed by atoms with E-state index >= 15 is 0 Å². The predicted molar refractivity (Wildman–Crippen MR) is 79.3 cm³/mol. The van der Waals surface area contributed by atoms with Crippen molar-refractivity contribution in [3.8, 4) is 0 Å². The topological polar surface area (TPSA) is 62.3 Å². The number of piperidine rings is 1. The third-order valence-electron chi connectivity index (χ3n) is 3.76. The number of nitrogens with two attached hydrogens (primary N) is 1. The molecular formula is C14H20ClN3O. The quantitative estimate of drug-likeness (QED) is 0.661. The van der Waals surface area contributed by atoms with E-state index in [1.807, 2.05) is 12.1 Å². The van der Waals surface area contributed by atoms with Crippen molar-refractivity contribution in [1.82, 2.24) is 0 Å². The van der Waals surface area contributed by atoms with Gasteiger partial charge < -0.3 is 15.4 Å². The van der Waals surface area contributed by atoms with Crippen LogP contribution in [0.2, 0.25) is 5.02 Å². The average Bonchev–Trinajstić information content (AvgIpc) is 2.38. The first-order valence-corrected chi connectivity index (χ1v) is 6.77. The highest BCUT2D eigenvalue weighted by atomic mass is 35.5. The molecular weight excluding hydrogens is 262 g/mol. The van der Waals surface area contributed by atoms with Crippen LogP contribution in [0.4, 0.5) is 5.69 Å². The highest BCUT2D eigenvalue weighted by molar-refractivity contribution is 6.34. The molecule has 0 amide bonds. The molecule has 5 heteroatoms. The molecule has 0 aliphatic carbocycles. The summed E-state index contributed by atoms with van der Waals surface area (Å²) in [5, 5.41) is 7.97. The first-order chi connectivity index (χ1) is 8.95. The van der Waals surface area contributed by atoms with Gasteiger partial charge in [-0.1, -0.05) is 11.6 Å². The van der Waals surface area contributed by atoms with Crippen LogP contribution in [0.3, 0.4) is 0 Å². The van der Waals surface area contributed by atoms with Crippen molar-refractivity contribution in [2.45, 2.75) is 25.4 Å².